The van der Waals surface area contributed by atoms with E-state index in [1.807, 2.05) is 54.6 Å². The molecule has 0 aliphatic carbocycles. The molecular weight excluding hydrogens is 328 g/mol. The van der Waals surface area contributed by atoms with Gasteiger partial charge in [0.15, 0.2) is 0 Å². The highest BCUT2D eigenvalue weighted by atomic mass is 16.5. The fraction of sp³-hybridized carbons (Fsp3) is 0.333. The van der Waals surface area contributed by atoms with E-state index >= 15 is 0 Å². The number of hydrogen-bond acceptors (Lipinski definition) is 3. The molecule has 0 radical (unpaired) electrons. The van der Waals surface area contributed by atoms with Crippen molar-refractivity contribution in [3.05, 3.63) is 65.7 Å². The topological polar surface area (TPSA) is 58.6 Å². The second-order valence-electron chi connectivity index (χ2n) is 6.15. The number of nitrogens with one attached hydrogen (secondary N) is 1. The Morgan fingerprint density at radius 3 is 2.27 bits per heavy atom. The highest BCUT2D eigenvalue weighted by Crippen LogP contribution is 2.16. The van der Waals surface area contributed by atoms with E-state index in [1.54, 1.807) is 26.0 Å². The molecule has 0 bridgehead atoms. The SMILES string of the molecule is CNC(=O)[C@@H](C)N(Cc1ccc(OC)cc1)C(=O)CCc1ccccc1. The highest BCUT2D eigenvalue weighted by molar-refractivity contribution is 5.87. The minimum absolute atomic E-state index is 0.0410. The zero-order valence-corrected chi connectivity index (χ0v) is 15.6. The van der Waals surface area contributed by atoms with Crippen LogP contribution in [0.2, 0.25) is 0 Å². The summed E-state index contributed by atoms with van der Waals surface area (Å²) in [4.78, 5) is 26.6. The molecule has 0 aromatic heterocycles. The number of rotatable bonds is 8. The molecule has 1 atom stereocenters. The summed E-state index contributed by atoms with van der Waals surface area (Å²) in [6.07, 6.45) is 1.01. The van der Waals surface area contributed by atoms with Gasteiger partial charge in [0.25, 0.3) is 0 Å². The van der Waals surface area contributed by atoms with Crippen LogP contribution in [0, 0.1) is 0 Å². The van der Waals surface area contributed by atoms with E-state index in [1.165, 1.54) is 0 Å². The summed E-state index contributed by atoms with van der Waals surface area (Å²) in [7, 11) is 3.20. The zero-order valence-electron chi connectivity index (χ0n) is 15.6. The first-order valence-electron chi connectivity index (χ1n) is 8.73. The third-order valence-corrected chi connectivity index (χ3v) is 4.40. The van der Waals surface area contributed by atoms with E-state index in [4.69, 9.17) is 4.74 Å². The minimum atomic E-state index is -0.537. The van der Waals surface area contributed by atoms with Gasteiger partial charge in [-0.2, -0.15) is 0 Å². The lowest BCUT2D eigenvalue weighted by molar-refractivity contribution is -0.140. The summed E-state index contributed by atoms with van der Waals surface area (Å²) in [5, 5.41) is 2.63. The summed E-state index contributed by atoms with van der Waals surface area (Å²) in [6.45, 7) is 2.13. The van der Waals surface area contributed by atoms with Gasteiger partial charge in [-0.3, -0.25) is 9.59 Å². The maximum Gasteiger partial charge on any atom is 0.242 e. The maximum atomic E-state index is 12.8. The van der Waals surface area contributed by atoms with Gasteiger partial charge in [-0.15, -0.1) is 0 Å². The standard InChI is InChI=1S/C21H26N2O3/c1-16(21(25)22-2)23(15-18-9-12-19(26-3)13-10-18)20(24)14-11-17-7-5-4-6-8-17/h4-10,12-13,16H,11,14-15H2,1-3H3,(H,22,25)/t16-/m1/s1. The molecule has 0 unspecified atom stereocenters. The Morgan fingerprint density at radius 1 is 1.04 bits per heavy atom. The van der Waals surface area contributed by atoms with Crippen molar-refractivity contribution < 1.29 is 14.3 Å². The lowest BCUT2D eigenvalue weighted by atomic mass is 10.1. The molecule has 0 aliphatic heterocycles. The number of nitrogens with zero attached hydrogens (tertiary/aromatic N) is 1. The minimum Gasteiger partial charge on any atom is -0.497 e. The van der Waals surface area contributed by atoms with Crippen LogP contribution in [-0.4, -0.2) is 36.9 Å². The second kappa shape index (κ2) is 9.61. The Bertz CT molecular complexity index is 714. The highest BCUT2D eigenvalue weighted by Gasteiger charge is 2.25. The van der Waals surface area contributed by atoms with Crippen LogP contribution in [0.25, 0.3) is 0 Å². The van der Waals surface area contributed by atoms with E-state index in [2.05, 4.69) is 5.32 Å². The van der Waals surface area contributed by atoms with Crippen LogP contribution in [0.1, 0.15) is 24.5 Å². The normalized spacial score (nSPS) is 11.5. The molecular formula is C21H26N2O3. The van der Waals surface area contributed by atoms with Gasteiger partial charge in [0.05, 0.1) is 7.11 Å². The van der Waals surface area contributed by atoms with Crippen molar-refractivity contribution in [2.75, 3.05) is 14.2 Å². The predicted octanol–water partition coefficient (Wildman–Crippen LogP) is 2.79. The van der Waals surface area contributed by atoms with Crippen molar-refractivity contribution in [1.82, 2.24) is 10.2 Å². The van der Waals surface area contributed by atoms with E-state index in [-0.39, 0.29) is 11.8 Å². The number of aryl methyl sites for hydroxylation is 1. The van der Waals surface area contributed by atoms with E-state index in [0.717, 1.165) is 16.9 Å². The Hall–Kier alpha value is -2.82. The summed E-state index contributed by atoms with van der Waals surface area (Å²) in [5.74, 6) is 0.544. The smallest absolute Gasteiger partial charge is 0.242 e. The Morgan fingerprint density at radius 2 is 1.69 bits per heavy atom. The number of carbonyl (C=O) groups is 2. The summed E-state index contributed by atoms with van der Waals surface area (Å²) in [5.41, 5.74) is 2.06. The first-order chi connectivity index (χ1) is 12.5. The molecule has 1 N–H and O–H groups in total. The van der Waals surface area contributed by atoms with Crippen molar-refractivity contribution in [3.63, 3.8) is 0 Å². The van der Waals surface area contributed by atoms with Gasteiger partial charge in [-0.1, -0.05) is 42.5 Å². The molecule has 5 nitrogen and oxygen atoms in total. The summed E-state index contributed by atoms with van der Waals surface area (Å²) in [6, 6.07) is 16.9. The Kier molecular flexibility index (Phi) is 7.21. The van der Waals surface area contributed by atoms with Gasteiger partial charge >= 0.3 is 0 Å². The van der Waals surface area contributed by atoms with Gasteiger partial charge in [0, 0.05) is 20.0 Å². The molecule has 138 valence electrons. The van der Waals surface area contributed by atoms with Crippen molar-refractivity contribution in [1.29, 1.82) is 0 Å². The van der Waals surface area contributed by atoms with Crippen molar-refractivity contribution >= 4 is 11.8 Å². The average molecular weight is 354 g/mol. The molecule has 2 rings (SSSR count). The molecule has 0 heterocycles. The molecule has 0 fully saturated rings. The largest absolute Gasteiger partial charge is 0.497 e. The molecule has 2 amide bonds. The third-order valence-electron chi connectivity index (χ3n) is 4.40. The van der Waals surface area contributed by atoms with Crippen LogP contribution in [0.15, 0.2) is 54.6 Å². The molecule has 5 heteroatoms. The third kappa shape index (κ3) is 5.34. The molecule has 0 saturated heterocycles. The van der Waals surface area contributed by atoms with Crippen LogP contribution in [0.5, 0.6) is 5.75 Å². The average Bonchev–Trinajstić information content (AvgIpc) is 2.70. The van der Waals surface area contributed by atoms with Crippen molar-refractivity contribution in [2.24, 2.45) is 0 Å². The van der Waals surface area contributed by atoms with Gasteiger partial charge in [0.1, 0.15) is 11.8 Å². The van der Waals surface area contributed by atoms with Crippen LogP contribution in [-0.2, 0) is 22.6 Å². The number of ether oxygens (including phenoxy) is 1. The van der Waals surface area contributed by atoms with Crippen LogP contribution in [0.4, 0.5) is 0 Å². The number of likely N-dealkylation sites (N-methyl/N-ethyl adjacent to an activating group) is 1. The molecule has 2 aromatic rings. The molecule has 2 aromatic carbocycles. The predicted molar refractivity (Wildman–Crippen MR) is 102 cm³/mol. The Balaban J connectivity index is 2.11. The molecule has 0 saturated carbocycles. The van der Waals surface area contributed by atoms with E-state index in [9.17, 15) is 9.59 Å². The van der Waals surface area contributed by atoms with Crippen LogP contribution in [0.3, 0.4) is 0 Å². The molecule has 0 aliphatic rings. The lowest BCUT2D eigenvalue weighted by Crippen LogP contribution is -2.46. The van der Waals surface area contributed by atoms with Crippen LogP contribution >= 0.6 is 0 Å². The number of benzene rings is 2. The number of methoxy groups -OCH3 is 1. The number of carbonyl (C=O) groups excluding carboxylic acids is 2. The van der Waals surface area contributed by atoms with Crippen LogP contribution < -0.4 is 10.1 Å². The number of hydrogen-bond donors (Lipinski definition) is 1. The summed E-state index contributed by atoms with van der Waals surface area (Å²) < 4.78 is 5.17. The van der Waals surface area contributed by atoms with Gasteiger partial charge < -0.3 is 15.0 Å². The Labute approximate surface area is 155 Å². The van der Waals surface area contributed by atoms with E-state index in [0.29, 0.717) is 19.4 Å². The quantitative estimate of drug-likeness (QED) is 0.793. The molecule has 0 spiro atoms. The first kappa shape index (κ1) is 19.5. The van der Waals surface area contributed by atoms with Gasteiger partial charge in [-0.25, -0.2) is 0 Å². The number of amides is 2. The molecule has 26 heavy (non-hydrogen) atoms. The van der Waals surface area contributed by atoms with Gasteiger partial charge in [-0.05, 0) is 36.6 Å². The van der Waals surface area contributed by atoms with E-state index < -0.39 is 6.04 Å². The fourth-order valence-corrected chi connectivity index (χ4v) is 2.76. The summed E-state index contributed by atoms with van der Waals surface area (Å²) >= 11 is 0. The first-order valence-corrected chi connectivity index (χ1v) is 8.73. The zero-order chi connectivity index (χ0) is 18.9. The maximum absolute atomic E-state index is 12.8. The van der Waals surface area contributed by atoms with Crippen molar-refractivity contribution in [3.8, 4) is 5.75 Å². The lowest BCUT2D eigenvalue weighted by Gasteiger charge is -2.28. The monoisotopic (exact) mass is 354 g/mol. The fourth-order valence-electron chi connectivity index (χ4n) is 2.76. The van der Waals surface area contributed by atoms with Gasteiger partial charge in [0.2, 0.25) is 11.8 Å². The van der Waals surface area contributed by atoms with Crippen molar-refractivity contribution in [2.45, 2.75) is 32.4 Å². The second-order valence-corrected chi connectivity index (χ2v) is 6.15.